The first kappa shape index (κ1) is 24.1. The lowest BCUT2D eigenvalue weighted by Crippen LogP contribution is -2.29. The van der Waals surface area contributed by atoms with Crippen molar-refractivity contribution < 1.29 is 23.8 Å². The normalized spacial score (nSPS) is 17.3. The molecule has 1 saturated heterocycles. The Balaban J connectivity index is 1.78. The van der Waals surface area contributed by atoms with Crippen molar-refractivity contribution in [1.29, 1.82) is 0 Å². The Bertz CT molecular complexity index is 1270. The second kappa shape index (κ2) is 10.1. The molecule has 1 atom stereocenters. The standard InChI is InChI=1S/C28H27FN2O4/c1-17(2)16-35-23-12-9-20(14-18(23)3)26(32)24-25(19-7-10-21(29)11-8-19)31(28(34)27(24)33)15-22-6-4-5-13-30-22/h4-14,17,25,32H,15-16H2,1-3H3/b26-24-. The predicted molar refractivity (Wildman–Crippen MR) is 130 cm³/mol. The van der Waals surface area contributed by atoms with E-state index in [1.807, 2.05) is 6.92 Å². The maximum atomic E-state index is 13.7. The van der Waals surface area contributed by atoms with Gasteiger partial charge in [0.15, 0.2) is 0 Å². The predicted octanol–water partition coefficient (Wildman–Crippen LogP) is 5.19. The number of ketones is 1. The van der Waals surface area contributed by atoms with E-state index >= 15 is 0 Å². The fraction of sp³-hybridized carbons (Fsp3) is 0.250. The van der Waals surface area contributed by atoms with E-state index in [0.717, 1.165) is 5.56 Å². The molecule has 1 fully saturated rings. The first-order valence-corrected chi connectivity index (χ1v) is 11.4. The van der Waals surface area contributed by atoms with Gasteiger partial charge in [0.05, 0.1) is 30.5 Å². The van der Waals surface area contributed by atoms with Gasteiger partial charge in [-0.15, -0.1) is 0 Å². The molecule has 2 aromatic carbocycles. The number of aryl methyl sites for hydroxylation is 1. The Morgan fingerprint density at radius 2 is 1.86 bits per heavy atom. The highest BCUT2D eigenvalue weighted by molar-refractivity contribution is 6.46. The summed E-state index contributed by atoms with van der Waals surface area (Å²) in [5.41, 5.74) is 2.23. The summed E-state index contributed by atoms with van der Waals surface area (Å²) < 4.78 is 19.5. The van der Waals surface area contributed by atoms with Gasteiger partial charge in [-0.2, -0.15) is 0 Å². The summed E-state index contributed by atoms with van der Waals surface area (Å²) in [6, 6.07) is 15.1. The molecule has 4 rings (SSSR count). The third-order valence-electron chi connectivity index (χ3n) is 5.80. The molecule has 2 heterocycles. The minimum atomic E-state index is -0.894. The third-order valence-corrected chi connectivity index (χ3v) is 5.80. The van der Waals surface area contributed by atoms with Crippen LogP contribution >= 0.6 is 0 Å². The fourth-order valence-corrected chi connectivity index (χ4v) is 4.07. The molecule has 0 radical (unpaired) electrons. The number of aliphatic hydroxyl groups is 1. The topological polar surface area (TPSA) is 79.7 Å². The van der Waals surface area contributed by atoms with E-state index < -0.39 is 23.5 Å². The van der Waals surface area contributed by atoms with Gasteiger partial charge < -0.3 is 14.7 Å². The highest BCUT2D eigenvalue weighted by Crippen LogP contribution is 2.40. The monoisotopic (exact) mass is 474 g/mol. The van der Waals surface area contributed by atoms with Crippen LogP contribution in [0.2, 0.25) is 0 Å². The number of aromatic nitrogens is 1. The fourth-order valence-electron chi connectivity index (χ4n) is 4.07. The number of carbonyl (C=O) groups excluding carboxylic acids is 2. The molecule has 1 amide bonds. The molecule has 0 saturated carbocycles. The molecule has 35 heavy (non-hydrogen) atoms. The minimum absolute atomic E-state index is 0.0483. The summed E-state index contributed by atoms with van der Waals surface area (Å²) >= 11 is 0. The number of amides is 1. The van der Waals surface area contributed by atoms with Crippen LogP contribution in [-0.4, -0.2) is 33.3 Å². The van der Waals surface area contributed by atoms with Crippen LogP contribution in [0, 0.1) is 18.7 Å². The van der Waals surface area contributed by atoms with E-state index in [-0.39, 0.29) is 17.9 Å². The molecular formula is C28H27FN2O4. The van der Waals surface area contributed by atoms with Crippen LogP contribution in [-0.2, 0) is 16.1 Å². The van der Waals surface area contributed by atoms with Gasteiger partial charge in [-0.1, -0.05) is 32.0 Å². The molecular weight excluding hydrogens is 447 g/mol. The largest absolute Gasteiger partial charge is 0.507 e. The Hall–Kier alpha value is -4.00. The highest BCUT2D eigenvalue weighted by atomic mass is 19.1. The molecule has 0 bridgehead atoms. The van der Waals surface area contributed by atoms with Crippen LogP contribution in [0.25, 0.3) is 5.76 Å². The van der Waals surface area contributed by atoms with E-state index in [0.29, 0.717) is 35.1 Å². The number of ether oxygens (including phenoxy) is 1. The Kier molecular flexibility index (Phi) is 6.96. The van der Waals surface area contributed by atoms with E-state index in [1.165, 1.54) is 29.2 Å². The number of hydrogen-bond donors (Lipinski definition) is 1. The zero-order chi connectivity index (χ0) is 25.1. The van der Waals surface area contributed by atoms with Crippen molar-refractivity contribution in [2.45, 2.75) is 33.4 Å². The van der Waals surface area contributed by atoms with Crippen LogP contribution < -0.4 is 4.74 Å². The van der Waals surface area contributed by atoms with E-state index in [1.54, 1.807) is 42.6 Å². The van der Waals surface area contributed by atoms with Crippen molar-refractivity contribution in [3.63, 3.8) is 0 Å². The number of halogens is 1. The number of carbonyl (C=O) groups is 2. The average molecular weight is 475 g/mol. The maximum Gasteiger partial charge on any atom is 0.296 e. The van der Waals surface area contributed by atoms with Gasteiger partial charge in [0.2, 0.25) is 0 Å². The lowest BCUT2D eigenvalue weighted by molar-refractivity contribution is -0.140. The number of aliphatic hydroxyl groups excluding tert-OH is 1. The van der Waals surface area contributed by atoms with Gasteiger partial charge in [-0.25, -0.2) is 4.39 Å². The van der Waals surface area contributed by atoms with Crippen LogP contribution in [0.4, 0.5) is 4.39 Å². The molecule has 0 aliphatic carbocycles. The van der Waals surface area contributed by atoms with Crippen LogP contribution in [0.3, 0.4) is 0 Å². The number of rotatable bonds is 7. The number of hydrogen-bond acceptors (Lipinski definition) is 5. The van der Waals surface area contributed by atoms with Crippen molar-refractivity contribution in [2.24, 2.45) is 5.92 Å². The smallest absolute Gasteiger partial charge is 0.296 e. The summed E-state index contributed by atoms with van der Waals surface area (Å²) in [6.07, 6.45) is 1.60. The second-order valence-electron chi connectivity index (χ2n) is 8.98. The molecule has 3 aromatic rings. The van der Waals surface area contributed by atoms with E-state index in [9.17, 15) is 19.1 Å². The van der Waals surface area contributed by atoms with Crippen molar-refractivity contribution in [2.75, 3.05) is 6.61 Å². The maximum absolute atomic E-state index is 13.7. The van der Waals surface area contributed by atoms with E-state index in [4.69, 9.17) is 4.74 Å². The summed E-state index contributed by atoms with van der Waals surface area (Å²) in [7, 11) is 0. The SMILES string of the molecule is Cc1cc(/C(O)=C2/C(=O)C(=O)N(Cc3ccccn3)C2c2ccc(F)cc2)ccc1OCC(C)C. The van der Waals surface area contributed by atoms with Crippen molar-refractivity contribution >= 4 is 17.4 Å². The van der Waals surface area contributed by atoms with Gasteiger partial charge in [0.1, 0.15) is 17.3 Å². The van der Waals surface area contributed by atoms with Gasteiger partial charge in [0.25, 0.3) is 11.7 Å². The molecule has 1 aliphatic heterocycles. The number of likely N-dealkylation sites (tertiary alicyclic amines) is 1. The molecule has 0 spiro atoms. The lowest BCUT2D eigenvalue weighted by Gasteiger charge is -2.25. The third kappa shape index (κ3) is 5.09. The van der Waals surface area contributed by atoms with Crippen LogP contribution in [0.1, 0.15) is 42.3 Å². The molecule has 7 heteroatoms. The minimum Gasteiger partial charge on any atom is -0.507 e. The van der Waals surface area contributed by atoms with E-state index in [2.05, 4.69) is 18.8 Å². The number of nitrogens with zero attached hydrogens (tertiary/aromatic N) is 2. The quantitative estimate of drug-likeness (QED) is 0.290. The summed E-state index contributed by atoms with van der Waals surface area (Å²) in [5, 5.41) is 11.3. The molecule has 1 aliphatic rings. The summed E-state index contributed by atoms with van der Waals surface area (Å²) in [6.45, 7) is 6.56. The van der Waals surface area contributed by atoms with Gasteiger partial charge in [0, 0.05) is 11.8 Å². The molecule has 1 aromatic heterocycles. The number of benzene rings is 2. The molecule has 6 nitrogen and oxygen atoms in total. The lowest BCUT2D eigenvalue weighted by atomic mass is 9.94. The second-order valence-corrected chi connectivity index (χ2v) is 8.98. The Morgan fingerprint density at radius 1 is 1.11 bits per heavy atom. The molecule has 1 unspecified atom stereocenters. The molecule has 1 N–H and O–H groups in total. The highest BCUT2D eigenvalue weighted by Gasteiger charge is 2.46. The number of Topliss-reactive ketones (excluding diaryl/α,β-unsaturated/α-hetero) is 1. The van der Waals surface area contributed by atoms with Crippen LogP contribution in [0.15, 0.2) is 72.4 Å². The van der Waals surface area contributed by atoms with Gasteiger partial charge >= 0.3 is 0 Å². The zero-order valence-electron chi connectivity index (χ0n) is 19.9. The number of pyridine rings is 1. The van der Waals surface area contributed by atoms with Crippen molar-refractivity contribution in [3.8, 4) is 5.75 Å². The Labute approximate surface area is 203 Å². The zero-order valence-corrected chi connectivity index (χ0v) is 19.9. The van der Waals surface area contributed by atoms with Crippen molar-refractivity contribution in [3.05, 3.63) is 101 Å². The first-order valence-electron chi connectivity index (χ1n) is 11.4. The summed E-state index contributed by atoms with van der Waals surface area (Å²) in [4.78, 5) is 31.9. The molecule has 180 valence electrons. The summed E-state index contributed by atoms with van der Waals surface area (Å²) in [5.74, 6) is -1.25. The Morgan fingerprint density at radius 3 is 2.49 bits per heavy atom. The average Bonchev–Trinajstić information content (AvgIpc) is 3.09. The van der Waals surface area contributed by atoms with Crippen LogP contribution in [0.5, 0.6) is 5.75 Å². The first-order chi connectivity index (χ1) is 16.8. The van der Waals surface area contributed by atoms with Crippen molar-refractivity contribution in [1.82, 2.24) is 9.88 Å². The van der Waals surface area contributed by atoms with Gasteiger partial charge in [-0.3, -0.25) is 14.6 Å². The van der Waals surface area contributed by atoms with Gasteiger partial charge in [-0.05, 0) is 66.4 Å².